The summed E-state index contributed by atoms with van der Waals surface area (Å²) in [6.45, 7) is 7.91. The minimum absolute atomic E-state index is 0.180. The smallest absolute Gasteiger partial charge is 0.338 e. The molecule has 1 atom stereocenters. The molecule has 37 heavy (non-hydrogen) atoms. The summed E-state index contributed by atoms with van der Waals surface area (Å²) in [5.74, 6) is -0.454. The molecule has 0 saturated heterocycles. The molecule has 0 radical (unpaired) electrons. The van der Waals surface area contributed by atoms with Crippen LogP contribution < -0.4 is 14.9 Å². The third-order valence-electron chi connectivity index (χ3n) is 6.47. The number of carbonyl (C=O) groups excluding carboxylic acids is 1. The third-order valence-corrected chi connectivity index (χ3v) is 7.99. The van der Waals surface area contributed by atoms with E-state index >= 15 is 0 Å². The van der Waals surface area contributed by atoms with E-state index in [1.807, 2.05) is 55.5 Å². The number of hydrogen-bond donors (Lipinski definition) is 0. The van der Waals surface area contributed by atoms with E-state index in [0.29, 0.717) is 20.6 Å². The van der Waals surface area contributed by atoms with Gasteiger partial charge in [0.05, 0.1) is 28.5 Å². The van der Waals surface area contributed by atoms with Gasteiger partial charge in [0.25, 0.3) is 5.56 Å². The number of aryl methyl sites for hydroxylation is 1. The normalized spacial score (nSPS) is 15.5. The largest absolute Gasteiger partial charge is 0.463 e. The molecule has 4 aromatic rings. The molecule has 1 aliphatic rings. The molecule has 3 heterocycles. The lowest BCUT2D eigenvalue weighted by molar-refractivity contribution is -0.139. The molecule has 5 rings (SSSR count). The summed E-state index contributed by atoms with van der Waals surface area (Å²) < 4.78 is 10.7. The van der Waals surface area contributed by atoms with Crippen LogP contribution in [0, 0.1) is 13.8 Å². The fourth-order valence-electron chi connectivity index (χ4n) is 4.80. The average Bonchev–Trinajstić information content (AvgIpc) is 3.33. The van der Waals surface area contributed by atoms with Crippen LogP contribution in [0.1, 0.15) is 42.4 Å². The number of nitrogens with zero attached hydrogens (tertiary/aromatic N) is 3. The van der Waals surface area contributed by atoms with Crippen molar-refractivity contribution in [2.75, 3.05) is 6.61 Å². The van der Waals surface area contributed by atoms with Crippen LogP contribution >= 0.6 is 27.3 Å². The Morgan fingerprint density at radius 3 is 2.49 bits per heavy atom. The summed E-state index contributed by atoms with van der Waals surface area (Å²) in [5.41, 5.74) is 5.73. The Bertz CT molecular complexity index is 1710. The van der Waals surface area contributed by atoms with Crippen LogP contribution in [0.4, 0.5) is 0 Å². The maximum atomic E-state index is 13.8. The van der Waals surface area contributed by atoms with Crippen LogP contribution in [-0.4, -0.2) is 21.7 Å². The highest BCUT2D eigenvalue weighted by atomic mass is 79.9. The van der Waals surface area contributed by atoms with Gasteiger partial charge in [-0.05, 0) is 75.2 Å². The average molecular weight is 577 g/mol. The monoisotopic (exact) mass is 575 g/mol. The van der Waals surface area contributed by atoms with E-state index in [4.69, 9.17) is 4.74 Å². The van der Waals surface area contributed by atoms with Crippen LogP contribution in [-0.2, 0) is 9.53 Å². The zero-order valence-electron chi connectivity index (χ0n) is 21.0. The summed E-state index contributed by atoms with van der Waals surface area (Å²) in [4.78, 5) is 32.1. The molecule has 0 saturated carbocycles. The Kier molecular flexibility index (Phi) is 6.88. The first kappa shape index (κ1) is 25.2. The second kappa shape index (κ2) is 10.1. The van der Waals surface area contributed by atoms with Gasteiger partial charge in [-0.1, -0.05) is 57.6 Å². The van der Waals surface area contributed by atoms with Gasteiger partial charge in [-0.15, -0.1) is 0 Å². The van der Waals surface area contributed by atoms with E-state index in [0.717, 1.165) is 32.7 Å². The highest BCUT2D eigenvalue weighted by Crippen LogP contribution is 2.30. The Morgan fingerprint density at radius 2 is 1.81 bits per heavy atom. The molecule has 1 unspecified atom stereocenters. The molecule has 6 nitrogen and oxygen atoms in total. The second-order valence-electron chi connectivity index (χ2n) is 8.85. The van der Waals surface area contributed by atoms with Gasteiger partial charge in [0.1, 0.15) is 0 Å². The summed E-state index contributed by atoms with van der Waals surface area (Å²) >= 11 is 4.83. The Hall–Kier alpha value is -3.49. The summed E-state index contributed by atoms with van der Waals surface area (Å²) in [7, 11) is 0. The molecule has 0 fully saturated rings. The molecule has 0 amide bonds. The second-order valence-corrected chi connectivity index (χ2v) is 10.8. The predicted molar refractivity (Wildman–Crippen MR) is 150 cm³/mol. The van der Waals surface area contributed by atoms with Crippen molar-refractivity contribution in [2.24, 2.45) is 4.99 Å². The van der Waals surface area contributed by atoms with Crippen molar-refractivity contribution in [3.05, 3.63) is 119 Å². The maximum Gasteiger partial charge on any atom is 0.338 e. The maximum absolute atomic E-state index is 13.8. The zero-order chi connectivity index (χ0) is 26.3. The van der Waals surface area contributed by atoms with E-state index in [9.17, 15) is 9.59 Å². The highest BCUT2D eigenvalue weighted by Gasteiger charge is 2.33. The number of carbonyl (C=O) groups is 1. The number of esters is 1. The number of ether oxygens (including phenoxy) is 1. The van der Waals surface area contributed by atoms with Crippen molar-refractivity contribution in [2.45, 2.75) is 33.7 Å². The van der Waals surface area contributed by atoms with E-state index in [-0.39, 0.29) is 12.2 Å². The SMILES string of the molecule is CCOC(=O)C1=C(C)N=c2s/c(=C/c3cc(C)n(-c4ccc(Br)cc4)c3C)c(=O)n2C1c1ccccc1. The number of benzene rings is 2. The fourth-order valence-corrected chi connectivity index (χ4v) is 6.11. The van der Waals surface area contributed by atoms with Crippen LogP contribution in [0.25, 0.3) is 11.8 Å². The van der Waals surface area contributed by atoms with Crippen molar-refractivity contribution >= 4 is 39.3 Å². The minimum Gasteiger partial charge on any atom is -0.463 e. The first-order valence-electron chi connectivity index (χ1n) is 12.0. The Labute approximate surface area is 227 Å². The topological polar surface area (TPSA) is 65.6 Å². The van der Waals surface area contributed by atoms with Gasteiger partial charge in [-0.3, -0.25) is 9.36 Å². The van der Waals surface area contributed by atoms with Crippen LogP contribution in [0.15, 0.2) is 86.2 Å². The number of fused-ring (bicyclic) bond motifs is 1. The number of hydrogen-bond acceptors (Lipinski definition) is 5. The predicted octanol–water partition coefficient (Wildman–Crippen LogP) is 4.97. The summed E-state index contributed by atoms with van der Waals surface area (Å²) in [6, 6.07) is 19.2. The zero-order valence-corrected chi connectivity index (χ0v) is 23.4. The first-order chi connectivity index (χ1) is 17.8. The molecule has 8 heteroatoms. The first-order valence-corrected chi connectivity index (χ1v) is 13.6. The molecule has 1 aliphatic heterocycles. The molecule has 188 valence electrons. The van der Waals surface area contributed by atoms with Crippen LogP contribution in [0.5, 0.6) is 0 Å². The van der Waals surface area contributed by atoms with Gasteiger partial charge in [0, 0.05) is 21.5 Å². The van der Waals surface area contributed by atoms with E-state index in [1.54, 1.807) is 18.4 Å². The van der Waals surface area contributed by atoms with Crippen LogP contribution in [0.3, 0.4) is 0 Å². The molecular formula is C29H26BrN3O3S. The van der Waals surface area contributed by atoms with E-state index < -0.39 is 12.0 Å². The van der Waals surface area contributed by atoms with Gasteiger partial charge in [0.15, 0.2) is 4.80 Å². The van der Waals surface area contributed by atoms with E-state index in [2.05, 4.69) is 50.6 Å². The van der Waals surface area contributed by atoms with Crippen LogP contribution in [0.2, 0.25) is 0 Å². The van der Waals surface area contributed by atoms with Crippen molar-refractivity contribution in [1.82, 2.24) is 9.13 Å². The number of thiazole rings is 1. The number of allylic oxidation sites excluding steroid dienone is 1. The van der Waals surface area contributed by atoms with Gasteiger partial charge in [-0.2, -0.15) is 0 Å². The third kappa shape index (κ3) is 4.55. The summed E-state index contributed by atoms with van der Waals surface area (Å²) in [5, 5.41) is 0. The van der Waals surface area contributed by atoms with Crippen molar-refractivity contribution in [1.29, 1.82) is 0 Å². The molecule has 0 aliphatic carbocycles. The van der Waals surface area contributed by atoms with Gasteiger partial charge in [0.2, 0.25) is 0 Å². The van der Waals surface area contributed by atoms with Crippen molar-refractivity contribution in [3.8, 4) is 5.69 Å². The lowest BCUT2D eigenvalue weighted by Crippen LogP contribution is -2.39. The number of aromatic nitrogens is 2. The lowest BCUT2D eigenvalue weighted by Gasteiger charge is -2.24. The Morgan fingerprint density at radius 1 is 1.11 bits per heavy atom. The van der Waals surface area contributed by atoms with E-state index in [1.165, 1.54) is 11.3 Å². The molecular weight excluding hydrogens is 550 g/mol. The summed E-state index contributed by atoms with van der Waals surface area (Å²) in [6.07, 6.45) is 1.92. The molecule has 0 spiro atoms. The molecule has 2 aromatic heterocycles. The van der Waals surface area contributed by atoms with Crippen molar-refractivity contribution in [3.63, 3.8) is 0 Å². The lowest BCUT2D eigenvalue weighted by atomic mass is 9.96. The van der Waals surface area contributed by atoms with Gasteiger partial charge >= 0.3 is 5.97 Å². The van der Waals surface area contributed by atoms with Crippen molar-refractivity contribution < 1.29 is 9.53 Å². The highest BCUT2D eigenvalue weighted by molar-refractivity contribution is 9.10. The molecule has 2 aromatic carbocycles. The standard InChI is InChI=1S/C29H26BrN3O3S/c1-5-36-28(35)25-18(3)31-29-33(26(25)20-9-7-6-8-10-20)27(34)24(37-29)16-21-15-17(2)32(19(21)4)23-13-11-22(30)12-14-23/h6-16,26H,5H2,1-4H3/b24-16+. The fraction of sp³-hybridized carbons (Fsp3) is 0.207. The minimum atomic E-state index is -0.603. The van der Waals surface area contributed by atoms with Gasteiger partial charge in [-0.25, -0.2) is 9.79 Å². The number of halogens is 1. The number of rotatable bonds is 5. The van der Waals surface area contributed by atoms with Gasteiger partial charge < -0.3 is 9.30 Å². The molecule has 0 bridgehead atoms. The quantitative estimate of drug-likeness (QED) is 0.316. The Balaban J connectivity index is 1.68. The molecule has 0 N–H and O–H groups in total.